The Hall–Kier alpha value is -1.78. The average Bonchev–Trinajstić information content (AvgIpc) is 2.45. The zero-order valence-corrected chi connectivity index (χ0v) is 12.7. The number of rotatable bonds is 3. The Morgan fingerprint density at radius 3 is 2.62 bits per heavy atom. The maximum atomic E-state index is 13.4. The smallest absolute Gasteiger partial charge is 0.256 e. The van der Waals surface area contributed by atoms with Gasteiger partial charge in [-0.25, -0.2) is 4.39 Å². The summed E-state index contributed by atoms with van der Waals surface area (Å²) in [5, 5.41) is 0.865. The highest BCUT2D eigenvalue weighted by Gasteiger charge is 2.17. The summed E-state index contributed by atoms with van der Waals surface area (Å²) in [6.07, 6.45) is 0. The summed E-state index contributed by atoms with van der Waals surface area (Å²) in [6.45, 7) is 0.311. The van der Waals surface area contributed by atoms with Crippen LogP contribution in [0.2, 0.25) is 10.0 Å². The zero-order valence-electron chi connectivity index (χ0n) is 11.2. The van der Waals surface area contributed by atoms with Crippen LogP contribution in [0.15, 0.2) is 36.4 Å². The molecule has 0 aliphatic carbocycles. The van der Waals surface area contributed by atoms with E-state index in [4.69, 9.17) is 28.9 Å². The number of anilines is 1. The van der Waals surface area contributed by atoms with Gasteiger partial charge in [-0.15, -0.1) is 0 Å². The molecule has 6 heteroatoms. The summed E-state index contributed by atoms with van der Waals surface area (Å²) in [5.74, 6) is -0.971. The number of benzene rings is 2. The van der Waals surface area contributed by atoms with E-state index in [1.54, 1.807) is 25.2 Å². The first kappa shape index (κ1) is 15.6. The van der Waals surface area contributed by atoms with E-state index in [-0.39, 0.29) is 17.2 Å². The van der Waals surface area contributed by atoms with Crippen LogP contribution in [0.4, 0.5) is 10.1 Å². The molecule has 0 aliphatic heterocycles. The van der Waals surface area contributed by atoms with E-state index in [9.17, 15) is 9.18 Å². The molecule has 0 atom stereocenters. The molecule has 0 fully saturated rings. The fraction of sp³-hybridized carbons (Fsp3) is 0.133. The SMILES string of the molecule is CN(Cc1ccc(Cl)c(Cl)c1)C(=O)c1cccc(F)c1N. The summed E-state index contributed by atoms with van der Waals surface area (Å²) >= 11 is 11.8. The highest BCUT2D eigenvalue weighted by atomic mass is 35.5. The molecule has 0 unspecified atom stereocenters. The van der Waals surface area contributed by atoms with Crippen molar-refractivity contribution in [3.8, 4) is 0 Å². The highest BCUT2D eigenvalue weighted by molar-refractivity contribution is 6.42. The standard InChI is InChI=1S/C15H13Cl2FN2O/c1-20(8-9-5-6-11(16)12(17)7-9)15(21)10-3-2-4-13(18)14(10)19/h2-7H,8,19H2,1H3. The normalized spacial score (nSPS) is 10.5. The predicted molar refractivity (Wildman–Crippen MR) is 83.1 cm³/mol. The maximum absolute atomic E-state index is 13.4. The van der Waals surface area contributed by atoms with Crippen molar-refractivity contribution in [2.75, 3.05) is 12.8 Å². The fourth-order valence-corrected chi connectivity index (χ4v) is 2.23. The van der Waals surface area contributed by atoms with Gasteiger partial charge in [-0.1, -0.05) is 35.3 Å². The first-order chi connectivity index (χ1) is 9.90. The van der Waals surface area contributed by atoms with Gasteiger partial charge in [0.15, 0.2) is 0 Å². The third-order valence-electron chi connectivity index (χ3n) is 3.03. The van der Waals surface area contributed by atoms with E-state index in [2.05, 4.69) is 0 Å². The largest absolute Gasteiger partial charge is 0.396 e. The number of hydrogen-bond donors (Lipinski definition) is 1. The number of nitrogens with two attached hydrogens (primary N) is 1. The monoisotopic (exact) mass is 326 g/mol. The molecule has 21 heavy (non-hydrogen) atoms. The summed E-state index contributed by atoms with van der Waals surface area (Å²) in [5.41, 5.74) is 6.40. The van der Waals surface area contributed by atoms with Gasteiger partial charge in [0.1, 0.15) is 5.82 Å². The minimum atomic E-state index is -0.608. The molecular weight excluding hydrogens is 314 g/mol. The minimum Gasteiger partial charge on any atom is -0.396 e. The van der Waals surface area contributed by atoms with Crippen LogP contribution in [0.3, 0.4) is 0 Å². The van der Waals surface area contributed by atoms with Crippen molar-refractivity contribution in [3.05, 3.63) is 63.4 Å². The van der Waals surface area contributed by atoms with Gasteiger partial charge >= 0.3 is 0 Å². The molecule has 0 saturated carbocycles. The lowest BCUT2D eigenvalue weighted by molar-refractivity contribution is 0.0785. The quantitative estimate of drug-likeness (QED) is 0.867. The molecule has 0 radical (unpaired) electrons. The van der Waals surface area contributed by atoms with Gasteiger partial charge < -0.3 is 10.6 Å². The first-order valence-electron chi connectivity index (χ1n) is 6.13. The van der Waals surface area contributed by atoms with E-state index < -0.39 is 5.82 Å². The number of hydrogen-bond acceptors (Lipinski definition) is 2. The van der Waals surface area contributed by atoms with Crippen molar-refractivity contribution >= 4 is 34.8 Å². The Morgan fingerprint density at radius 2 is 1.95 bits per heavy atom. The van der Waals surface area contributed by atoms with Gasteiger partial charge in [0.25, 0.3) is 5.91 Å². The summed E-state index contributed by atoms with van der Waals surface area (Å²) in [6, 6.07) is 9.27. The Bertz CT molecular complexity index is 691. The third-order valence-corrected chi connectivity index (χ3v) is 3.77. The Morgan fingerprint density at radius 1 is 1.24 bits per heavy atom. The molecule has 0 aromatic heterocycles. The molecule has 2 rings (SSSR count). The molecular formula is C15H13Cl2FN2O. The molecule has 2 aromatic rings. The maximum Gasteiger partial charge on any atom is 0.256 e. The van der Waals surface area contributed by atoms with Gasteiger partial charge in [-0.05, 0) is 29.8 Å². The van der Waals surface area contributed by atoms with Crippen molar-refractivity contribution in [3.63, 3.8) is 0 Å². The summed E-state index contributed by atoms with van der Waals surface area (Å²) in [7, 11) is 1.61. The lowest BCUT2D eigenvalue weighted by atomic mass is 10.1. The first-order valence-corrected chi connectivity index (χ1v) is 6.89. The Balaban J connectivity index is 2.19. The lowest BCUT2D eigenvalue weighted by Crippen LogP contribution is -2.27. The van der Waals surface area contributed by atoms with Crippen molar-refractivity contribution in [1.82, 2.24) is 4.90 Å². The van der Waals surface area contributed by atoms with Crippen LogP contribution in [0.5, 0.6) is 0 Å². The average molecular weight is 327 g/mol. The topological polar surface area (TPSA) is 46.3 Å². The van der Waals surface area contributed by atoms with Crippen molar-refractivity contribution in [2.24, 2.45) is 0 Å². The second-order valence-corrected chi connectivity index (χ2v) is 5.43. The van der Waals surface area contributed by atoms with Gasteiger partial charge in [0.2, 0.25) is 0 Å². The highest BCUT2D eigenvalue weighted by Crippen LogP contribution is 2.24. The second-order valence-electron chi connectivity index (χ2n) is 4.61. The van der Waals surface area contributed by atoms with Crippen LogP contribution in [0, 0.1) is 5.82 Å². The zero-order chi connectivity index (χ0) is 15.6. The van der Waals surface area contributed by atoms with E-state index in [1.807, 2.05) is 0 Å². The molecule has 3 nitrogen and oxygen atoms in total. The molecule has 2 N–H and O–H groups in total. The summed E-state index contributed by atoms with van der Waals surface area (Å²) < 4.78 is 13.4. The molecule has 110 valence electrons. The van der Waals surface area contributed by atoms with E-state index in [1.165, 1.54) is 23.1 Å². The molecule has 0 saturated heterocycles. The molecule has 2 aromatic carbocycles. The van der Waals surface area contributed by atoms with Gasteiger partial charge in [0, 0.05) is 13.6 Å². The van der Waals surface area contributed by atoms with Crippen LogP contribution in [0.1, 0.15) is 15.9 Å². The molecule has 1 amide bonds. The van der Waals surface area contributed by atoms with E-state index in [0.29, 0.717) is 16.6 Å². The molecule has 0 heterocycles. The number of nitrogens with zero attached hydrogens (tertiary/aromatic N) is 1. The van der Waals surface area contributed by atoms with Gasteiger partial charge in [-0.2, -0.15) is 0 Å². The number of nitrogen functional groups attached to an aromatic ring is 1. The Labute approximate surface area is 132 Å². The summed E-state index contributed by atoms with van der Waals surface area (Å²) in [4.78, 5) is 13.7. The van der Waals surface area contributed by atoms with E-state index >= 15 is 0 Å². The molecule has 0 spiro atoms. The Kier molecular flexibility index (Phi) is 4.70. The van der Waals surface area contributed by atoms with Crippen LogP contribution >= 0.6 is 23.2 Å². The number of halogens is 3. The molecule has 0 aliphatic rings. The van der Waals surface area contributed by atoms with Gasteiger partial charge in [-0.3, -0.25) is 4.79 Å². The predicted octanol–water partition coefficient (Wildman–Crippen LogP) is 3.99. The van der Waals surface area contributed by atoms with Crippen LogP contribution in [-0.4, -0.2) is 17.9 Å². The van der Waals surface area contributed by atoms with Crippen LogP contribution in [-0.2, 0) is 6.54 Å². The number of para-hydroxylation sites is 1. The number of carbonyl (C=O) groups excluding carboxylic acids is 1. The van der Waals surface area contributed by atoms with Gasteiger partial charge in [0.05, 0.1) is 21.3 Å². The molecule has 0 bridgehead atoms. The lowest BCUT2D eigenvalue weighted by Gasteiger charge is -2.18. The fourth-order valence-electron chi connectivity index (χ4n) is 1.91. The minimum absolute atomic E-state index is 0.137. The van der Waals surface area contributed by atoms with Crippen LogP contribution in [0.25, 0.3) is 0 Å². The second kappa shape index (κ2) is 6.33. The van der Waals surface area contributed by atoms with Crippen molar-refractivity contribution < 1.29 is 9.18 Å². The number of amides is 1. The van der Waals surface area contributed by atoms with Crippen molar-refractivity contribution in [1.29, 1.82) is 0 Å². The van der Waals surface area contributed by atoms with Crippen LogP contribution < -0.4 is 5.73 Å². The van der Waals surface area contributed by atoms with E-state index in [0.717, 1.165) is 5.56 Å². The third kappa shape index (κ3) is 3.46. The van der Waals surface area contributed by atoms with Crippen molar-refractivity contribution in [2.45, 2.75) is 6.54 Å². The number of carbonyl (C=O) groups is 1.